The molecule has 16 heavy (non-hydrogen) atoms. The van der Waals surface area contributed by atoms with Gasteiger partial charge in [0.25, 0.3) is 5.56 Å². The fraction of sp³-hybridized carbons (Fsp3) is 0.167. The van der Waals surface area contributed by atoms with Gasteiger partial charge in [0, 0.05) is 17.5 Å². The second kappa shape index (κ2) is 3.66. The van der Waals surface area contributed by atoms with Crippen molar-refractivity contribution in [2.45, 2.75) is 6.92 Å². The minimum absolute atomic E-state index is 0.178. The van der Waals surface area contributed by atoms with Crippen LogP contribution in [-0.2, 0) is 7.05 Å². The fourth-order valence-electron chi connectivity index (χ4n) is 1.80. The lowest BCUT2D eigenvalue weighted by molar-refractivity contribution is 0.897. The summed E-state index contributed by atoms with van der Waals surface area (Å²) in [6, 6.07) is 7.23. The maximum absolute atomic E-state index is 11.8. The Kier molecular flexibility index (Phi) is 2.45. The molecular weight excluding hydrogens is 224 g/mol. The molecule has 0 atom stereocenters. The zero-order valence-electron chi connectivity index (χ0n) is 8.91. The average molecular weight is 233 g/mol. The van der Waals surface area contributed by atoms with E-state index >= 15 is 0 Å². The molecule has 80 valence electrons. The SMILES string of the molecule is Cc1c(C#N)c(=O)n(C)c2ccc(Cl)cc12. The number of halogens is 1. The van der Waals surface area contributed by atoms with Crippen LogP contribution in [0.5, 0.6) is 0 Å². The van der Waals surface area contributed by atoms with Crippen LogP contribution in [0.3, 0.4) is 0 Å². The van der Waals surface area contributed by atoms with Crippen LogP contribution in [0.15, 0.2) is 23.0 Å². The van der Waals surface area contributed by atoms with E-state index in [1.165, 1.54) is 4.57 Å². The molecule has 0 N–H and O–H groups in total. The van der Waals surface area contributed by atoms with Crippen molar-refractivity contribution in [1.29, 1.82) is 5.26 Å². The van der Waals surface area contributed by atoms with E-state index in [4.69, 9.17) is 16.9 Å². The van der Waals surface area contributed by atoms with Crippen LogP contribution in [0.4, 0.5) is 0 Å². The third-order valence-corrected chi connectivity index (χ3v) is 2.96. The Balaban J connectivity index is 3.10. The molecular formula is C12H9ClN2O. The second-order valence-electron chi connectivity index (χ2n) is 3.64. The molecule has 3 nitrogen and oxygen atoms in total. The first-order chi connectivity index (χ1) is 7.56. The van der Waals surface area contributed by atoms with E-state index in [-0.39, 0.29) is 11.1 Å². The van der Waals surface area contributed by atoms with Gasteiger partial charge in [-0.3, -0.25) is 4.79 Å². The normalized spacial score (nSPS) is 10.4. The molecule has 1 aromatic heterocycles. The van der Waals surface area contributed by atoms with Gasteiger partial charge >= 0.3 is 0 Å². The predicted molar refractivity (Wildman–Crippen MR) is 63.7 cm³/mol. The lowest BCUT2D eigenvalue weighted by Crippen LogP contribution is -2.21. The molecule has 0 saturated carbocycles. The monoisotopic (exact) mass is 232 g/mol. The van der Waals surface area contributed by atoms with Crippen LogP contribution in [0, 0.1) is 18.3 Å². The molecule has 0 bridgehead atoms. The van der Waals surface area contributed by atoms with E-state index in [0.717, 1.165) is 10.9 Å². The summed E-state index contributed by atoms with van der Waals surface area (Å²) < 4.78 is 1.47. The first-order valence-electron chi connectivity index (χ1n) is 4.75. The summed E-state index contributed by atoms with van der Waals surface area (Å²) >= 11 is 5.91. The van der Waals surface area contributed by atoms with E-state index < -0.39 is 0 Å². The van der Waals surface area contributed by atoms with Crippen LogP contribution in [0.2, 0.25) is 5.02 Å². The topological polar surface area (TPSA) is 45.8 Å². The van der Waals surface area contributed by atoms with Gasteiger partial charge in [0.05, 0.1) is 5.52 Å². The van der Waals surface area contributed by atoms with E-state index in [2.05, 4.69) is 0 Å². The number of aromatic nitrogens is 1. The molecule has 0 spiro atoms. The minimum atomic E-state index is -0.269. The highest BCUT2D eigenvalue weighted by atomic mass is 35.5. The Hall–Kier alpha value is -1.79. The Morgan fingerprint density at radius 2 is 2.12 bits per heavy atom. The molecule has 2 aromatic rings. The molecule has 0 aliphatic rings. The molecule has 2 rings (SSSR count). The molecule has 0 fully saturated rings. The zero-order valence-corrected chi connectivity index (χ0v) is 9.67. The van der Waals surface area contributed by atoms with Gasteiger partial charge in [0.2, 0.25) is 0 Å². The first kappa shape index (κ1) is 10.7. The zero-order chi connectivity index (χ0) is 11.9. The number of rotatable bonds is 0. The van der Waals surface area contributed by atoms with Crippen LogP contribution in [0.1, 0.15) is 11.1 Å². The predicted octanol–water partition coefficient (Wildman–Crippen LogP) is 2.37. The highest BCUT2D eigenvalue weighted by molar-refractivity contribution is 6.31. The van der Waals surface area contributed by atoms with Gasteiger partial charge in [-0.1, -0.05) is 11.6 Å². The van der Waals surface area contributed by atoms with E-state index in [9.17, 15) is 4.79 Å². The molecule has 1 aromatic carbocycles. The number of aryl methyl sites for hydroxylation is 2. The van der Waals surface area contributed by atoms with E-state index in [1.807, 2.05) is 6.07 Å². The number of nitriles is 1. The van der Waals surface area contributed by atoms with Crippen molar-refractivity contribution in [3.8, 4) is 6.07 Å². The van der Waals surface area contributed by atoms with E-state index in [1.54, 1.807) is 32.2 Å². The molecule has 0 saturated heterocycles. The van der Waals surface area contributed by atoms with Crippen molar-refractivity contribution < 1.29 is 0 Å². The Bertz CT molecular complexity index is 680. The van der Waals surface area contributed by atoms with Gasteiger partial charge in [-0.2, -0.15) is 5.26 Å². The van der Waals surface area contributed by atoms with Crippen LogP contribution in [-0.4, -0.2) is 4.57 Å². The fourth-order valence-corrected chi connectivity index (χ4v) is 1.98. The van der Waals surface area contributed by atoms with Crippen LogP contribution in [0.25, 0.3) is 10.9 Å². The largest absolute Gasteiger partial charge is 0.310 e. The first-order valence-corrected chi connectivity index (χ1v) is 5.13. The van der Waals surface area contributed by atoms with Crippen molar-refractivity contribution in [3.05, 3.63) is 44.7 Å². The lowest BCUT2D eigenvalue weighted by Gasteiger charge is -2.09. The molecule has 0 amide bonds. The van der Waals surface area contributed by atoms with E-state index in [0.29, 0.717) is 10.6 Å². The Labute approximate surface area is 97.5 Å². The lowest BCUT2D eigenvalue weighted by atomic mass is 10.1. The van der Waals surface area contributed by atoms with Crippen LogP contribution >= 0.6 is 11.6 Å². The third kappa shape index (κ3) is 1.39. The van der Waals surface area contributed by atoms with Crippen molar-refractivity contribution in [3.63, 3.8) is 0 Å². The van der Waals surface area contributed by atoms with Gasteiger partial charge in [-0.15, -0.1) is 0 Å². The minimum Gasteiger partial charge on any atom is -0.310 e. The van der Waals surface area contributed by atoms with Crippen molar-refractivity contribution in [1.82, 2.24) is 4.57 Å². The summed E-state index contributed by atoms with van der Waals surface area (Å²) in [6.07, 6.45) is 0. The number of hydrogen-bond acceptors (Lipinski definition) is 2. The van der Waals surface area contributed by atoms with Gasteiger partial charge in [0.15, 0.2) is 0 Å². The smallest absolute Gasteiger partial charge is 0.268 e. The summed E-state index contributed by atoms with van der Waals surface area (Å²) in [5.74, 6) is 0. The number of nitrogens with zero attached hydrogens (tertiary/aromatic N) is 2. The number of benzene rings is 1. The Morgan fingerprint density at radius 3 is 2.75 bits per heavy atom. The molecule has 0 radical (unpaired) electrons. The second-order valence-corrected chi connectivity index (χ2v) is 4.07. The number of pyridine rings is 1. The van der Waals surface area contributed by atoms with Gasteiger partial charge in [-0.05, 0) is 30.7 Å². The maximum atomic E-state index is 11.8. The van der Waals surface area contributed by atoms with Gasteiger partial charge in [0.1, 0.15) is 11.6 Å². The Morgan fingerprint density at radius 1 is 1.44 bits per heavy atom. The summed E-state index contributed by atoms with van der Waals surface area (Å²) in [4.78, 5) is 11.8. The van der Waals surface area contributed by atoms with Crippen molar-refractivity contribution >= 4 is 22.5 Å². The summed E-state index contributed by atoms with van der Waals surface area (Å²) in [5.41, 5.74) is 1.38. The van der Waals surface area contributed by atoms with Crippen molar-refractivity contribution in [2.24, 2.45) is 7.05 Å². The molecule has 0 aliphatic heterocycles. The maximum Gasteiger partial charge on any atom is 0.268 e. The number of hydrogen-bond donors (Lipinski definition) is 0. The van der Waals surface area contributed by atoms with Gasteiger partial charge in [-0.25, -0.2) is 0 Å². The highest BCUT2D eigenvalue weighted by Gasteiger charge is 2.11. The highest BCUT2D eigenvalue weighted by Crippen LogP contribution is 2.22. The summed E-state index contributed by atoms with van der Waals surface area (Å²) in [6.45, 7) is 1.76. The molecule has 0 aliphatic carbocycles. The average Bonchev–Trinajstić information content (AvgIpc) is 2.27. The molecule has 0 unspecified atom stereocenters. The van der Waals surface area contributed by atoms with Crippen molar-refractivity contribution in [2.75, 3.05) is 0 Å². The summed E-state index contributed by atoms with van der Waals surface area (Å²) in [5, 5.41) is 10.4. The quantitative estimate of drug-likeness (QED) is 0.700. The van der Waals surface area contributed by atoms with Crippen LogP contribution < -0.4 is 5.56 Å². The standard InChI is InChI=1S/C12H9ClN2O/c1-7-9-5-8(13)3-4-11(9)15(2)12(16)10(7)6-14/h3-5H,1-2H3. The van der Waals surface area contributed by atoms with Gasteiger partial charge < -0.3 is 4.57 Å². The third-order valence-electron chi connectivity index (χ3n) is 2.73. The number of fused-ring (bicyclic) bond motifs is 1. The molecule has 1 heterocycles. The summed E-state index contributed by atoms with van der Waals surface area (Å²) in [7, 11) is 1.65. The molecule has 4 heteroatoms.